The molecule has 4 nitrogen and oxygen atoms in total. The molecule has 0 aliphatic carbocycles. The third kappa shape index (κ3) is 2.36. The van der Waals surface area contributed by atoms with Gasteiger partial charge in [0.15, 0.2) is 5.82 Å². The van der Waals surface area contributed by atoms with Gasteiger partial charge in [-0.05, 0) is 35.0 Å². The first kappa shape index (κ1) is 10.2. The zero-order valence-corrected chi connectivity index (χ0v) is 9.90. The number of aromatic nitrogens is 3. The first-order valence-electron chi connectivity index (χ1n) is 4.56. The molecule has 0 aromatic carbocycles. The molecule has 78 valence electrons. The van der Waals surface area contributed by atoms with E-state index in [2.05, 4.69) is 26.0 Å². The molecule has 2 aromatic heterocycles. The molecule has 0 fully saturated rings. The van der Waals surface area contributed by atoms with Crippen LogP contribution >= 0.6 is 15.9 Å². The van der Waals surface area contributed by atoms with Crippen molar-refractivity contribution in [2.75, 3.05) is 5.73 Å². The summed E-state index contributed by atoms with van der Waals surface area (Å²) in [5.41, 5.74) is 7.61. The maximum absolute atomic E-state index is 5.62. The first-order chi connectivity index (χ1) is 7.15. The van der Waals surface area contributed by atoms with E-state index in [1.165, 1.54) is 0 Å². The van der Waals surface area contributed by atoms with Crippen LogP contribution in [0.2, 0.25) is 0 Å². The van der Waals surface area contributed by atoms with Crippen LogP contribution < -0.4 is 5.73 Å². The fourth-order valence-corrected chi connectivity index (χ4v) is 1.66. The van der Waals surface area contributed by atoms with Gasteiger partial charge in [-0.2, -0.15) is 5.10 Å². The Labute approximate surface area is 96.3 Å². The van der Waals surface area contributed by atoms with Crippen molar-refractivity contribution in [1.29, 1.82) is 0 Å². The number of nitrogens with two attached hydrogens (primary N) is 1. The lowest BCUT2D eigenvalue weighted by Gasteiger charge is -2.01. The molecular weight excluding hydrogens is 256 g/mol. The van der Waals surface area contributed by atoms with Gasteiger partial charge >= 0.3 is 0 Å². The lowest BCUT2D eigenvalue weighted by molar-refractivity contribution is 0.674. The highest BCUT2D eigenvalue weighted by atomic mass is 79.9. The molecule has 0 unspecified atom stereocenters. The van der Waals surface area contributed by atoms with Crippen LogP contribution in [0.1, 0.15) is 11.4 Å². The van der Waals surface area contributed by atoms with Gasteiger partial charge in [0, 0.05) is 11.9 Å². The highest BCUT2D eigenvalue weighted by molar-refractivity contribution is 9.10. The quantitative estimate of drug-likeness (QED) is 0.905. The van der Waals surface area contributed by atoms with Crippen molar-refractivity contribution in [3.8, 4) is 0 Å². The number of hydrogen-bond acceptors (Lipinski definition) is 3. The van der Waals surface area contributed by atoms with Crippen LogP contribution in [0.15, 0.2) is 28.9 Å². The molecule has 0 bridgehead atoms. The summed E-state index contributed by atoms with van der Waals surface area (Å²) in [6, 6.07) is 5.93. The van der Waals surface area contributed by atoms with Gasteiger partial charge in [0.1, 0.15) is 0 Å². The smallest absolute Gasteiger partial charge is 0.159 e. The van der Waals surface area contributed by atoms with Crippen LogP contribution in [0, 0.1) is 6.92 Å². The summed E-state index contributed by atoms with van der Waals surface area (Å²) in [5.74, 6) is 0.502. The topological polar surface area (TPSA) is 56.7 Å². The number of nitrogen functional groups attached to an aromatic ring is 1. The third-order valence-corrected chi connectivity index (χ3v) is 2.62. The molecule has 2 heterocycles. The molecule has 2 aromatic rings. The van der Waals surface area contributed by atoms with Gasteiger partial charge < -0.3 is 5.73 Å². The number of rotatable bonds is 2. The largest absolute Gasteiger partial charge is 0.381 e. The summed E-state index contributed by atoms with van der Waals surface area (Å²) in [6.07, 6.45) is 1.85. The Bertz CT molecular complexity index is 459. The Morgan fingerprint density at radius 1 is 1.47 bits per heavy atom. The second kappa shape index (κ2) is 4.02. The standard InChI is InChI=1S/C10H11BrN4/c1-7-3-2-4-8(13-7)5-15-6-9(11)10(12)14-15/h2-4,6H,5H2,1H3,(H2,12,14). The van der Waals surface area contributed by atoms with Crippen LogP contribution in [0.4, 0.5) is 5.82 Å². The molecule has 0 aliphatic rings. The molecule has 2 N–H and O–H groups in total. The summed E-state index contributed by atoms with van der Waals surface area (Å²) in [4.78, 5) is 4.39. The van der Waals surface area contributed by atoms with E-state index in [4.69, 9.17) is 5.73 Å². The summed E-state index contributed by atoms with van der Waals surface area (Å²) in [5, 5.41) is 4.14. The zero-order chi connectivity index (χ0) is 10.8. The predicted molar refractivity (Wildman–Crippen MR) is 62.4 cm³/mol. The van der Waals surface area contributed by atoms with Gasteiger partial charge in [-0.15, -0.1) is 0 Å². The lowest BCUT2D eigenvalue weighted by Crippen LogP contribution is -2.03. The monoisotopic (exact) mass is 266 g/mol. The number of nitrogens with zero attached hydrogens (tertiary/aromatic N) is 3. The van der Waals surface area contributed by atoms with Crippen molar-refractivity contribution < 1.29 is 0 Å². The molecule has 0 spiro atoms. The first-order valence-corrected chi connectivity index (χ1v) is 5.35. The fourth-order valence-electron chi connectivity index (χ4n) is 1.35. The molecule has 0 saturated heterocycles. The highest BCUT2D eigenvalue weighted by Crippen LogP contribution is 2.16. The van der Waals surface area contributed by atoms with Crippen molar-refractivity contribution in [3.05, 3.63) is 40.3 Å². The van der Waals surface area contributed by atoms with Gasteiger partial charge in [0.05, 0.1) is 16.7 Å². The minimum atomic E-state index is 0.502. The molecular formula is C10H11BrN4. The summed E-state index contributed by atoms with van der Waals surface area (Å²) in [7, 11) is 0. The molecule has 0 aliphatic heterocycles. The molecule has 15 heavy (non-hydrogen) atoms. The maximum Gasteiger partial charge on any atom is 0.159 e. The molecule has 0 atom stereocenters. The SMILES string of the molecule is Cc1cccc(Cn2cc(Br)c(N)n2)n1. The number of halogens is 1. The second-order valence-corrected chi connectivity index (χ2v) is 4.18. The third-order valence-electron chi connectivity index (χ3n) is 2.01. The van der Waals surface area contributed by atoms with E-state index >= 15 is 0 Å². The van der Waals surface area contributed by atoms with Crippen molar-refractivity contribution in [3.63, 3.8) is 0 Å². The molecule has 0 radical (unpaired) electrons. The molecule has 0 saturated carbocycles. The molecule has 0 amide bonds. The van der Waals surface area contributed by atoms with E-state index in [1.807, 2.05) is 31.3 Å². The minimum Gasteiger partial charge on any atom is -0.381 e. The average Bonchev–Trinajstić information content (AvgIpc) is 2.45. The van der Waals surface area contributed by atoms with Crippen molar-refractivity contribution in [2.45, 2.75) is 13.5 Å². The Morgan fingerprint density at radius 2 is 2.27 bits per heavy atom. The molecule has 5 heteroatoms. The van der Waals surface area contributed by atoms with Crippen LogP contribution in [0.25, 0.3) is 0 Å². The minimum absolute atomic E-state index is 0.502. The van der Waals surface area contributed by atoms with Gasteiger partial charge in [-0.1, -0.05) is 6.07 Å². The number of pyridine rings is 1. The highest BCUT2D eigenvalue weighted by Gasteiger charge is 2.03. The zero-order valence-electron chi connectivity index (χ0n) is 8.31. The number of hydrogen-bond donors (Lipinski definition) is 1. The Hall–Kier alpha value is -1.36. The summed E-state index contributed by atoms with van der Waals surface area (Å²) in [6.45, 7) is 2.61. The van der Waals surface area contributed by atoms with Crippen molar-refractivity contribution >= 4 is 21.7 Å². The van der Waals surface area contributed by atoms with E-state index in [-0.39, 0.29) is 0 Å². The van der Waals surface area contributed by atoms with Gasteiger partial charge in [0.25, 0.3) is 0 Å². The maximum atomic E-state index is 5.62. The van der Waals surface area contributed by atoms with E-state index < -0.39 is 0 Å². The average molecular weight is 267 g/mol. The normalized spacial score (nSPS) is 10.5. The van der Waals surface area contributed by atoms with E-state index in [1.54, 1.807) is 4.68 Å². The Kier molecular flexibility index (Phi) is 2.73. The van der Waals surface area contributed by atoms with E-state index in [0.717, 1.165) is 15.9 Å². The number of anilines is 1. The van der Waals surface area contributed by atoms with Crippen molar-refractivity contribution in [2.24, 2.45) is 0 Å². The number of aryl methyl sites for hydroxylation is 1. The predicted octanol–water partition coefficient (Wildman–Crippen LogP) is 1.98. The van der Waals surface area contributed by atoms with Gasteiger partial charge in [-0.3, -0.25) is 9.67 Å². The summed E-state index contributed by atoms with van der Waals surface area (Å²) >= 11 is 3.32. The van der Waals surface area contributed by atoms with Crippen LogP contribution in [-0.4, -0.2) is 14.8 Å². The van der Waals surface area contributed by atoms with Crippen molar-refractivity contribution in [1.82, 2.24) is 14.8 Å². The summed E-state index contributed by atoms with van der Waals surface area (Å²) < 4.78 is 2.58. The fraction of sp³-hybridized carbons (Fsp3) is 0.200. The molecule has 2 rings (SSSR count). The van der Waals surface area contributed by atoms with Gasteiger partial charge in [0.2, 0.25) is 0 Å². The lowest BCUT2D eigenvalue weighted by atomic mass is 10.3. The van der Waals surface area contributed by atoms with Crippen LogP contribution in [0.5, 0.6) is 0 Å². The second-order valence-electron chi connectivity index (χ2n) is 3.33. The van der Waals surface area contributed by atoms with Crippen LogP contribution in [-0.2, 0) is 6.54 Å². The van der Waals surface area contributed by atoms with E-state index in [0.29, 0.717) is 12.4 Å². The Balaban J connectivity index is 2.22. The van der Waals surface area contributed by atoms with E-state index in [9.17, 15) is 0 Å². The Morgan fingerprint density at radius 3 is 2.87 bits per heavy atom. The van der Waals surface area contributed by atoms with Crippen LogP contribution in [0.3, 0.4) is 0 Å². The van der Waals surface area contributed by atoms with Gasteiger partial charge in [-0.25, -0.2) is 0 Å².